The molecule has 2 aromatic carbocycles. The average molecular weight is 341 g/mol. The number of hydrazine groups is 1. The number of halogens is 1. The fourth-order valence-corrected chi connectivity index (χ4v) is 2.61. The molecule has 0 aliphatic carbocycles. The summed E-state index contributed by atoms with van der Waals surface area (Å²) in [6.45, 7) is 1.71. The summed E-state index contributed by atoms with van der Waals surface area (Å²) in [6, 6.07) is 11.8. The van der Waals surface area contributed by atoms with Crippen molar-refractivity contribution in [3.05, 3.63) is 65.5 Å². The Morgan fingerprint density at radius 2 is 1.88 bits per heavy atom. The molecule has 7 heteroatoms. The molecule has 0 radical (unpaired) electrons. The summed E-state index contributed by atoms with van der Waals surface area (Å²) in [6.07, 6.45) is -0.165. The van der Waals surface area contributed by atoms with E-state index >= 15 is 0 Å². The van der Waals surface area contributed by atoms with Crippen LogP contribution in [0.15, 0.2) is 48.5 Å². The van der Waals surface area contributed by atoms with Gasteiger partial charge < -0.3 is 0 Å². The Kier molecular flexibility index (Phi) is 4.58. The molecule has 128 valence electrons. The molecule has 1 heterocycles. The third kappa shape index (κ3) is 3.41. The van der Waals surface area contributed by atoms with Gasteiger partial charge in [0.05, 0.1) is 12.1 Å². The molecule has 1 fully saturated rings. The number of nitrogens with one attached hydrogen (secondary N) is 2. The van der Waals surface area contributed by atoms with Gasteiger partial charge in [0.1, 0.15) is 11.9 Å². The van der Waals surface area contributed by atoms with Gasteiger partial charge in [-0.25, -0.2) is 14.7 Å². The van der Waals surface area contributed by atoms with Gasteiger partial charge in [-0.2, -0.15) is 0 Å². The first-order valence-corrected chi connectivity index (χ1v) is 7.71. The zero-order chi connectivity index (χ0) is 18.0. The third-order valence-electron chi connectivity index (χ3n) is 3.89. The van der Waals surface area contributed by atoms with Gasteiger partial charge in [-0.15, -0.1) is 0 Å². The molecular formula is C18H16FN3O3. The van der Waals surface area contributed by atoms with Crippen molar-refractivity contribution in [1.82, 2.24) is 10.9 Å². The number of anilines is 1. The third-order valence-corrected chi connectivity index (χ3v) is 3.89. The first kappa shape index (κ1) is 16.8. The first-order valence-electron chi connectivity index (χ1n) is 7.71. The van der Waals surface area contributed by atoms with Crippen LogP contribution in [-0.2, 0) is 9.59 Å². The lowest BCUT2D eigenvalue weighted by atomic mass is 10.2. The van der Waals surface area contributed by atoms with Gasteiger partial charge in [-0.3, -0.25) is 19.8 Å². The van der Waals surface area contributed by atoms with Crippen LogP contribution in [0.4, 0.5) is 10.1 Å². The normalized spacial score (nSPS) is 17.0. The molecule has 1 atom stereocenters. The summed E-state index contributed by atoms with van der Waals surface area (Å²) in [4.78, 5) is 37.4. The number of rotatable bonds is 4. The number of nitrogens with zero attached hydrogens (tertiary/aromatic N) is 1. The zero-order valence-electron chi connectivity index (χ0n) is 13.5. The Morgan fingerprint density at radius 1 is 1.16 bits per heavy atom. The van der Waals surface area contributed by atoms with Crippen molar-refractivity contribution in [2.24, 2.45) is 0 Å². The van der Waals surface area contributed by atoms with E-state index in [4.69, 9.17) is 0 Å². The lowest BCUT2D eigenvalue weighted by molar-refractivity contribution is -0.121. The van der Waals surface area contributed by atoms with Crippen LogP contribution in [0.25, 0.3) is 0 Å². The van der Waals surface area contributed by atoms with E-state index < -0.39 is 29.6 Å². The van der Waals surface area contributed by atoms with Gasteiger partial charge in [-0.1, -0.05) is 24.3 Å². The average Bonchev–Trinajstić information content (AvgIpc) is 2.88. The molecule has 0 spiro atoms. The van der Waals surface area contributed by atoms with Crippen molar-refractivity contribution in [3.63, 3.8) is 0 Å². The van der Waals surface area contributed by atoms with Gasteiger partial charge >= 0.3 is 0 Å². The highest BCUT2D eigenvalue weighted by atomic mass is 19.1. The highest BCUT2D eigenvalue weighted by Gasteiger charge is 2.40. The molecule has 3 rings (SSSR count). The van der Waals surface area contributed by atoms with Crippen molar-refractivity contribution >= 4 is 23.4 Å². The monoisotopic (exact) mass is 341 g/mol. The second-order valence-corrected chi connectivity index (χ2v) is 5.74. The van der Waals surface area contributed by atoms with Crippen molar-refractivity contribution in [2.45, 2.75) is 19.4 Å². The van der Waals surface area contributed by atoms with Gasteiger partial charge in [0.25, 0.3) is 11.8 Å². The van der Waals surface area contributed by atoms with Gasteiger partial charge in [0.2, 0.25) is 5.91 Å². The summed E-state index contributed by atoms with van der Waals surface area (Å²) < 4.78 is 14.1. The summed E-state index contributed by atoms with van der Waals surface area (Å²) in [5, 5.41) is 0. The highest BCUT2D eigenvalue weighted by molar-refractivity contribution is 6.22. The van der Waals surface area contributed by atoms with Crippen LogP contribution in [0.1, 0.15) is 22.3 Å². The number of amides is 3. The highest BCUT2D eigenvalue weighted by Crippen LogP contribution is 2.26. The van der Waals surface area contributed by atoms with E-state index in [0.717, 1.165) is 4.90 Å². The molecule has 2 aromatic rings. The van der Waals surface area contributed by atoms with E-state index in [-0.39, 0.29) is 12.1 Å². The molecule has 1 aliphatic heterocycles. The maximum absolute atomic E-state index is 14.1. The Hall–Kier alpha value is -3.06. The minimum Gasteiger partial charge on any atom is -0.287 e. The fraction of sp³-hybridized carbons (Fsp3) is 0.167. The van der Waals surface area contributed by atoms with E-state index in [1.807, 2.05) is 0 Å². The summed E-state index contributed by atoms with van der Waals surface area (Å²) in [5.74, 6) is -2.21. The van der Waals surface area contributed by atoms with E-state index in [1.54, 1.807) is 43.3 Å². The first-order chi connectivity index (χ1) is 12.0. The molecule has 0 saturated carbocycles. The van der Waals surface area contributed by atoms with Gasteiger partial charge in [0, 0.05) is 5.56 Å². The summed E-state index contributed by atoms with van der Waals surface area (Å²) >= 11 is 0. The van der Waals surface area contributed by atoms with Crippen molar-refractivity contribution < 1.29 is 18.8 Å². The van der Waals surface area contributed by atoms with E-state index in [0.29, 0.717) is 11.1 Å². The van der Waals surface area contributed by atoms with Crippen LogP contribution in [0.3, 0.4) is 0 Å². The topological polar surface area (TPSA) is 78.5 Å². The van der Waals surface area contributed by atoms with Gasteiger partial charge in [0.15, 0.2) is 0 Å². The number of carbonyl (C=O) groups excluding carboxylic acids is 3. The van der Waals surface area contributed by atoms with Crippen LogP contribution in [0, 0.1) is 12.7 Å². The van der Waals surface area contributed by atoms with Crippen molar-refractivity contribution in [3.8, 4) is 0 Å². The smallest absolute Gasteiger partial charge is 0.265 e. The molecule has 1 saturated heterocycles. The molecule has 25 heavy (non-hydrogen) atoms. The number of aryl methyl sites for hydroxylation is 1. The Morgan fingerprint density at radius 3 is 2.56 bits per heavy atom. The second-order valence-electron chi connectivity index (χ2n) is 5.74. The quantitative estimate of drug-likeness (QED) is 0.655. The molecule has 1 unspecified atom stereocenters. The maximum atomic E-state index is 14.1. The maximum Gasteiger partial charge on any atom is 0.265 e. The predicted octanol–water partition coefficient (Wildman–Crippen LogP) is 1.70. The van der Waals surface area contributed by atoms with E-state index in [2.05, 4.69) is 10.9 Å². The number of hydrogen-bond donors (Lipinski definition) is 2. The SMILES string of the molecule is Cc1ccc(N2C(=O)CC(NNC(=O)c3ccccc3)C2=O)c(F)c1. The second kappa shape index (κ2) is 6.82. The lowest BCUT2D eigenvalue weighted by Gasteiger charge is -2.17. The fourth-order valence-electron chi connectivity index (χ4n) is 2.61. The van der Waals surface area contributed by atoms with Crippen LogP contribution >= 0.6 is 0 Å². The van der Waals surface area contributed by atoms with Crippen molar-refractivity contribution in [2.75, 3.05) is 4.90 Å². The van der Waals surface area contributed by atoms with Crippen LogP contribution in [0.2, 0.25) is 0 Å². The molecule has 0 aromatic heterocycles. The lowest BCUT2D eigenvalue weighted by Crippen LogP contribution is -2.48. The van der Waals surface area contributed by atoms with E-state index in [9.17, 15) is 18.8 Å². The Labute approximate surface area is 143 Å². The molecule has 2 N–H and O–H groups in total. The number of benzene rings is 2. The van der Waals surface area contributed by atoms with Crippen LogP contribution < -0.4 is 15.8 Å². The zero-order valence-corrected chi connectivity index (χ0v) is 13.5. The van der Waals surface area contributed by atoms with E-state index in [1.165, 1.54) is 12.1 Å². The van der Waals surface area contributed by atoms with Gasteiger partial charge in [-0.05, 0) is 36.8 Å². The van der Waals surface area contributed by atoms with Crippen LogP contribution in [-0.4, -0.2) is 23.8 Å². The minimum absolute atomic E-state index is 0.0840. The molecule has 1 aliphatic rings. The minimum atomic E-state index is -0.944. The molecular weight excluding hydrogens is 325 g/mol. The molecule has 6 nitrogen and oxygen atoms in total. The summed E-state index contributed by atoms with van der Waals surface area (Å²) in [7, 11) is 0. The largest absolute Gasteiger partial charge is 0.287 e. The summed E-state index contributed by atoms with van der Waals surface area (Å²) in [5.41, 5.74) is 5.97. The molecule has 3 amide bonds. The van der Waals surface area contributed by atoms with Crippen LogP contribution in [0.5, 0.6) is 0 Å². The Bertz CT molecular complexity index is 839. The standard InChI is InChI=1S/C18H16FN3O3/c1-11-7-8-15(13(19)9-11)22-16(23)10-14(18(22)25)20-21-17(24)12-5-3-2-4-6-12/h2-9,14,20H,10H2,1H3,(H,21,24). The predicted molar refractivity (Wildman–Crippen MR) is 89.1 cm³/mol. The Balaban J connectivity index is 1.70. The number of hydrogen-bond acceptors (Lipinski definition) is 4. The van der Waals surface area contributed by atoms with Crippen molar-refractivity contribution in [1.29, 1.82) is 0 Å². The number of carbonyl (C=O) groups is 3. The molecule has 0 bridgehead atoms. The number of imide groups is 1.